The lowest BCUT2D eigenvalue weighted by molar-refractivity contribution is 0.480. The number of aryl methyl sites for hydroxylation is 1. The normalized spacial score (nSPS) is 13.1. The van der Waals surface area contributed by atoms with E-state index < -0.39 is 0 Å². The molecule has 0 spiro atoms. The second-order valence-corrected chi connectivity index (χ2v) is 4.96. The molecule has 0 aliphatic carbocycles. The lowest BCUT2D eigenvalue weighted by Crippen LogP contribution is -2.30. The molecule has 2 heterocycles. The quantitative estimate of drug-likeness (QED) is 0.619. The minimum Gasteiger partial charge on any atom is -0.469 e. The van der Waals surface area contributed by atoms with E-state index in [1.807, 2.05) is 23.0 Å². The molecule has 5 heteroatoms. The molecule has 0 aliphatic heterocycles. The van der Waals surface area contributed by atoms with E-state index in [0.29, 0.717) is 6.04 Å². The molecule has 1 atom stereocenters. The van der Waals surface area contributed by atoms with Crippen LogP contribution in [-0.2, 0) is 12.8 Å². The summed E-state index contributed by atoms with van der Waals surface area (Å²) >= 11 is 0. The molecule has 104 valence electrons. The van der Waals surface area contributed by atoms with Gasteiger partial charge in [0.15, 0.2) is 0 Å². The van der Waals surface area contributed by atoms with Gasteiger partial charge in [-0.2, -0.15) is 5.10 Å². The fraction of sp³-hybridized carbons (Fsp3) is 0.500. The van der Waals surface area contributed by atoms with Crippen molar-refractivity contribution < 1.29 is 4.42 Å². The van der Waals surface area contributed by atoms with Gasteiger partial charge in [0.1, 0.15) is 5.76 Å². The van der Waals surface area contributed by atoms with E-state index in [-0.39, 0.29) is 6.04 Å². The topological polar surface area (TPSA) is 69.0 Å². The van der Waals surface area contributed by atoms with Crippen LogP contribution in [0.4, 0.5) is 0 Å². The summed E-state index contributed by atoms with van der Waals surface area (Å²) in [5, 5.41) is 4.55. The molecule has 3 N–H and O–H groups in total. The van der Waals surface area contributed by atoms with Crippen LogP contribution in [0.3, 0.4) is 0 Å². The van der Waals surface area contributed by atoms with Crippen molar-refractivity contribution in [1.29, 1.82) is 0 Å². The van der Waals surface area contributed by atoms with E-state index in [9.17, 15) is 0 Å². The van der Waals surface area contributed by atoms with Gasteiger partial charge in [0, 0.05) is 30.6 Å². The second-order valence-electron chi connectivity index (χ2n) is 4.96. The van der Waals surface area contributed by atoms with Gasteiger partial charge in [0.05, 0.1) is 18.0 Å². The molecule has 2 aromatic rings. The summed E-state index contributed by atoms with van der Waals surface area (Å²) in [5.74, 6) is 6.65. The smallest absolute Gasteiger partial charge is 0.108 e. The maximum atomic E-state index is 5.68. The molecule has 19 heavy (non-hydrogen) atoms. The SMILES string of the molecule is CCc1occc1C(Cc1ccn(C(C)C)n1)NN. The van der Waals surface area contributed by atoms with Crippen molar-refractivity contribution in [3.8, 4) is 0 Å². The van der Waals surface area contributed by atoms with Gasteiger partial charge >= 0.3 is 0 Å². The number of hydrogen-bond acceptors (Lipinski definition) is 4. The van der Waals surface area contributed by atoms with Crippen LogP contribution in [0.25, 0.3) is 0 Å². The summed E-state index contributed by atoms with van der Waals surface area (Å²) in [7, 11) is 0. The summed E-state index contributed by atoms with van der Waals surface area (Å²) in [6.07, 6.45) is 5.33. The number of nitrogens with two attached hydrogens (primary N) is 1. The number of furan rings is 1. The average Bonchev–Trinajstić information content (AvgIpc) is 3.04. The minimum absolute atomic E-state index is 0.0317. The molecule has 0 amide bonds. The van der Waals surface area contributed by atoms with Gasteiger partial charge in [-0.1, -0.05) is 6.92 Å². The Morgan fingerprint density at radius 1 is 1.42 bits per heavy atom. The largest absolute Gasteiger partial charge is 0.469 e. The third-order valence-corrected chi connectivity index (χ3v) is 3.28. The highest BCUT2D eigenvalue weighted by Crippen LogP contribution is 2.22. The zero-order chi connectivity index (χ0) is 13.8. The van der Waals surface area contributed by atoms with Crippen molar-refractivity contribution in [2.24, 2.45) is 5.84 Å². The first-order valence-electron chi connectivity index (χ1n) is 6.72. The third kappa shape index (κ3) is 3.05. The predicted molar refractivity (Wildman–Crippen MR) is 74.5 cm³/mol. The van der Waals surface area contributed by atoms with Crippen LogP contribution in [0.1, 0.15) is 49.9 Å². The Labute approximate surface area is 113 Å². The van der Waals surface area contributed by atoms with Gasteiger partial charge in [0.2, 0.25) is 0 Å². The Bertz CT molecular complexity index is 515. The molecule has 0 fully saturated rings. The van der Waals surface area contributed by atoms with Crippen molar-refractivity contribution >= 4 is 0 Å². The molecule has 2 aromatic heterocycles. The summed E-state index contributed by atoms with van der Waals surface area (Å²) in [5.41, 5.74) is 5.00. The number of hydrogen-bond donors (Lipinski definition) is 2. The molecular formula is C14H22N4O. The average molecular weight is 262 g/mol. The Balaban J connectivity index is 2.14. The zero-order valence-corrected chi connectivity index (χ0v) is 11.8. The molecule has 0 saturated carbocycles. The fourth-order valence-corrected chi connectivity index (χ4v) is 2.19. The number of rotatable bonds is 6. The molecule has 2 rings (SSSR count). The highest BCUT2D eigenvalue weighted by Gasteiger charge is 2.17. The van der Waals surface area contributed by atoms with Gasteiger partial charge in [0.25, 0.3) is 0 Å². The second kappa shape index (κ2) is 6.04. The van der Waals surface area contributed by atoms with Crippen molar-refractivity contribution in [2.45, 2.75) is 45.7 Å². The minimum atomic E-state index is 0.0317. The van der Waals surface area contributed by atoms with Gasteiger partial charge in [-0.3, -0.25) is 16.0 Å². The first kappa shape index (κ1) is 13.8. The van der Waals surface area contributed by atoms with Crippen LogP contribution in [0, 0.1) is 0 Å². The molecule has 1 unspecified atom stereocenters. The summed E-state index contributed by atoms with van der Waals surface area (Å²) in [4.78, 5) is 0. The lowest BCUT2D eigenvalue weighted by atomic mass is 10.0. The molecule has 0 aromatic carbocycles. The number of nitrogens with zero attached hydrogens (tertiary/aromatic N) is 2. The zero-order valence-electron chi connectivity index (χ0n) is 11.8. The summed E-state index contributed by atoms with van der Waals surface area (Å²) < 4.78 is 7.41. The van der Waals surface area contributed by atoms with Crippen LogP contribution in [-0.4, -0.2) is 9.78 Å². The Hall–Kier alpha value is -1.59. The van der Waals surface area contributed by atoms with Gasteiger partial charge in [-0.25, -0.2) is 0 Å². The maximum Gasteiger partial charge on any atom is 0.108 e. The van der Waals surface area contributed by atoms with Crippen LogP contribution in [0.2, 0.25) is 0 Å². The van der Waals surface area contributed by atoms with E-state index in [4.69, 9.17) is 10.3 Å². The van der Waals surface area contributed by atoms with Crippen molar-refractivity contribution in [3.05, 3.63) is 41.6 Å². The lowest BCUT2D eigenvalue weighted by Gasteiger charge is -2.14. The number of aromatic nitrogens is 2. The van der Waals surface area contributed by atoms with E-state index in [0.717, 1.165) is 29.9 Å². The highest BCUT2D eigenvalue weighted by atomic mass is 16.3. The Morgan fingerprint density at radius 3 is 2.79 bits per heavy atom. The molecule has 0 saturated heterocycles. The molecule has 0 radical (unpaired) electrons. The van der Waals surface area contributed by atoms with Crippen molar-refractivity contribution in [3.63, 3.8) is 0 Å². The van der Waals surface area contributed by atoms with Gasteiger partial charge < -0.3 is 4.42 Å². The fourth-order valence-electron chi connectivity index (χ4n) is 2.19. The summed E-state index contributed by atoms with van der Waals surface area (Å²) in [6.45, 7) is 6.30. The van der Waals surface area contributed by atoms with Gasteiger partial charge in [-0.05, 0) is 26.0 Å². The summed E-state index contributed by atoms with van der Waals surface area (Å²) in [6, 6.07) is 4.42. The van der Waals surface area contributed by atoms with Gasteiger partial charge in [-0.15, -0.1) is 0 Å². The number of nitrogens with one attached hydrogen (secondary N) is 1. The number of hydrazine groups is 1. The monoisotopic (exact) mass is 262 g/mol. The first-order valence-corrected chi connectivity index (χ1v) is 6.72. The van der Waals surface area contributed by atoms with E-state index in [1.54, 1.807) is 6.26 Å². The van der Waals surface area contributed by atoms with Crippen LogP contribution < -0.4 is 11.3 Å². The van der Waals surface area contributed by atoms with E-state index >= 15 is 0 Å². The van der Waals surface area contributed by atoms with E-state index in [2.05, 4.69) is 31.3 Å². The first-order chi connectivity index (χ1) is 9.15. The van der Waals surface area contributed by atoms with Crippen LogP contribution in [0.5, 0.6) is 0 Å². The van der Waals surface area contributed by atoms with Crippen molar-refractivity contribution in [1.82, 2.24) is 15.2 Å². The predicted octanol–water partition coefficient (Wildman–Crippen LogP) is 2.37. The van der Waals surface area contributed by atoms with Crippen molar-refractivity contribution in [2.75, 3.05) is 0 Å². The van der Waals surface area contributed by atoms with Crippen LogP contribution in [0.15, 0.2) is 29.0 Å². The highest BCUT2D eigenvalue weighted by molar-refractivity contribution is 5.23. The Morgan fingerprint density at radius 2 is 2.21 bits per heavy atom. The molecule has 5 nitrogen and oxygen atoms in total. The standard InChI is InChI=1S/C14H22N4O/c1-4-14-12(6-8-19-14)13(16-15)9-11-5-7-18(17-11)10(2)3/h5-8,10,13,16H,4,9,15H2,1-3H3. The Kier molecular flexibility index (Phi) is 4.39. The molecule has 0 bridgehead atoms. The molecule has 0 aliphatic rings. The maximum absolute atomic E-state index is 5.68. The molecular weight excluding hydrogens is 240 g/mol. The van der Waals surface area contributed by atoms with Crippen LogP contribution >= 0.6 is 0 Å². The van der Waals surface area contributed by atoms with E-state index in [1.165, 1.54) is 0 Å². The third-order valence-electron chi connectivity index (χ3n) is 3.28.